The Bertz CT molecular complexity index is 672. The number of nitrogens with two attached hydrogens (primary N) is 2. The maximum Gasteiger partial charge on any atom is 0.192 e. The van der Waals surface area contributed by atoms with Crippen LogP contribution in [0, 0.1) is 0 Å². The highest BCUT2D eigenvalue weighted by Crippen LogP contribution is 2.36. The third kappa shape index (κ3) is 7.21. The lowest BCUT2D eigenvalue weighted by atomic mass is 10.2. The van der Waals surface area contributed by atoms with Gasteiger partial charge in [-0.05, 0) is 42.4 Å². The molecule has 0 aliphatic heterocycles. The molecule has 0 radical (unpaired) electrons. The first kappa shape index (κ1) is 21.1. The van der Waals surface area contributed by atoms with Crippen molar-refractivity contribution in [3.05, 3.63) is 47.8 Å². The van der Waals surface area contributed by atoms with Gasteiger partial charge < -0.3 is 21.0 Å². The summed E-state index contributed by atoms with van der Waals surface area (Å²) in [5.41, 5.74) is 12.5. The quantitative estimate of drug-likeness (QED) is 0.720. The Hall–Kier alpha value is -1.96. The van der Waals surface area contributed by atoms with Crippen LogP contribution in [0.4, 0.5) is 11.6 Å². The Morgan fingerprint density at radius 3 is 1.84 bits per heavy atom. The summed E-state index contributed by atoms with van der Waals surface area (Å²) in [7, 11) is -1.69. The van der Waals surface area contributed by atoms with Crippen molar-refractivity contribution in [2.45, 2.75) is 52.1 Å². The van der Waals surface area contributed by atoms with Gasteiger partial charge in [0.15, 0.2) is 8.32 Å². The van der Waals surface area contributed by atoms with E-state index in [1.54, 1.807) is 24.3 Å². The zero-order valence-corrected chi connectivity index (χ0v) is 16.8. The van der Waals surface area contributed by atoms with E-state index in [1.165, 1.54) is 0 Å². The van der Waals surface area contributed by atoms with E-state index in [-0.39, 0.29) is 11.6 Å². The predicted molar refractivity (Wildman–Crippen MR) is 105 cm³/mol. The summed E-state index contributed by atoms with van der Waals surface area (Å²) in [6, 6.07) is 10.8. The summed E-state index contributed by atoms with van der Waals surface area (Å²) in [6.45, 7) is 11.7. The summed E-state index contributed by atoms with van der Waals surface area (Å²) < 4.78 is 6.06. The average Bonchev–Trinajstić information content (AvgIpc) is 2.53. The molecule has 25 heavy (non-hydrogen) atoms. The van der Waals surface area contributed by atoms with Gasteiger partial charge in [0.1, 0.15) is 11.6 Å². The lowest BCUT2D eigenvalue weighted by Crippen LogP contribution is -2.40. The van der Waals surface area contributed by atoms with Gasteiger partial charge in [-0.1, -0.05) is 32.9 Å². The number of nitrogen functional groups attached to an aromatic ring is 2. The van der Waals surface area contributed by atoms with Crippen LogP contribution in [0.1, 0.15) is 32.2 Å². The van der Waals surface area contributed by atoms with Crippen LogP contribution in [-0.4, -0.2) is 23.4 Å². The molecule has 0 atom stereocenters. The Morgan fingerprint density at radius 1 is 0.960 bits per heavy atom. The molecule has 0 saturated carbocycles. The SMILES string of the molecule is CC(C)(C)[Si](C)(C)OCc1cccc(N)n1.Nc1cccc(CO)n1. The second kappa shape index (κ2) is 8.94. The van der Waals surface area contributed by atoms with E-state index in [9.17, 15) is 0 Å². The first-order valence-corrected chi connectivity index (χ1v) is 11.1. The molecule has 0 amide bonds. The summed E-state index contributed by atoms with van der Waals surface area (Å²) in [5, 5.41) is 8.77. The van der Waals surface area contributed by atoms with Gasteiger partial charge in [-0.2, -0.15) is 0 Å². The van der Waals surface area contributed by atoms with Crippen molar-refractivity contribution >= 4 is 20.0 Å². The molecule has 2 heterocycles. The number of hydrogen-bond donors (Lipinski definition) is 3. The van der Waals surface area contributed by atoms with Gasteiger partial charge >= 0.3 is 0 Å². The number of aliphatic hydroxyl groups is 1. The van der Waals surface area contributed by atoms with Crippen LogP contribution in [0.5, 0.6) is 0 Å². The van der Waals surface area contributed by atoms with Gasteiger partial charge in [-0.15, -0.1) is 0 Å². The van der Waals surface area contributed by atoms with Crippen molar-refractivity contribution in [2.75, 3.05) is 11.5 Å². The van der Waals surface area contributed by atoms with E-state index in [1.807, 2.05) is 12.1 Å². The number of hydrogen-bond acceptors (Lipinski definition) is 6. The summed E-state index contributed by atoms with van der Waals surface area (Å²) in [5.74, 6) is 0.998. The average molecular weight is 363 g/mol. The topological polar surface area (TPSA) is 107 Å². The monoisotopic (exact) mass is 362 g/mol. The molecule has 0 saturated heterocycles. The van der Waals surface area contributed by atoms with E-state index in [2.05, 4.69) is 43.8 Å². The molecule has 0 aromatic carbocycles. The number of rotatable bonds is 4. The van der Waals surface area contributed by atoms with E-state index in [0.29, 0.717) is 23.9 Å². The highest BCUT2D eigenvalue weighted by Gasteiger charge is 2.37. The Balaban J connectivity index is 0.000000293. The van der Waals surface area contributed by atoms with Gasteiger partial charge in [0.05, 0.1) is 24.6 Å². The third-order valence-corrected chi connectivity index (χ3v) is 8.68. The van der Waals surface area contributed by atoms with Crippen molar-refractivity contribution in [3.63, 3.8) is 0 Å². The number of aromatic nitrogens is 2. The Kier molecular flexibility index (Phi) is 7.53. The molecule has 2 aromatic heterocycles. The molecule has 6 nitrogen and oxygen atoms in total. The van der Waals surface area contributed by atoms with Gasteiger partial charge in [0, 0.05) is 0 Å². The minimum Gasteiger partial charge on any atom is -0.411 e. The number of pyridine rings is 2. The summed E-state index contributed by atoms with van der Waals surface area (Å²) in [6.07, 6.45) is 0. The molecule has 7 heteroatoms. The molecular weight excluding hydrogens is 332 g/mol. The van der Waals surface area contributed by atoms with E-state index < -0.39 is 8.32 Å². The van der Waals surface area contributed by atoms with Crippen LogP contribution in [0.3, 0.4) is 0 Å². The standard InChI is InChI=1S/C12H22N2OSi.C6H8N2O/c1-12(2,3)16(4,5)15-9-10-7-6-8-11(13)14-10;7-6-3-1-2-5(4-9)8-6/h6-8H,9H2,1-5H3,(H2,13,14);1-3,9H,4H2,(H2,7,8). The molecule has 138 valence electrons. The van der Waals surface area contributed by atoms with Crippen molar-refractivity contribution in [3.8, 4) is 0 Å². The van der Waals surface area contributed by atoms with Crippen LogP contribution in [0.2, 0.25) is 18.1 Å². The Morgan fingerprint density at radius 2 is 1.44 bits per heavy atom. The second-order valence-corrected chi connectivity index (χ2v) is 12.1. The Labute approximate surface area is 151 Å². The maximum absolute atomic E-state index is 8.54. The van der Waals surface area contributed by atoms with Crippen LogP contribution in [0.15, 0.2) is 36.4 Å². The van der Waals surface area contributed by atoms with Crippen LogP contribution in [-0.2, 0) is 17.6 Å². The van der Waals surface area contributed by atoms with Crippen LogP contribution < -0.4 is 11.5 Å². The van der Waals surface area contributed by atoms with Crippen LogP contribution >= 0.6 is 0 Å². The molecule has 0 fully saturated rings. The number of anilines is 2. The zero-order valence-electron chi connectivity index (χ0n) is 15.8. The highest BCUT2D eigenvalue weighted by atomic mass is 28.4. The maximum atomic E-state index is 8.54. The van der Waals surface area contributed by atoms with Crippen molar-refractivity contribution in [1.82, 2.24) is 9.97 Å². The molecule has 0 aliphatic carbocycles. The lowest BCUT2D eigenvalue weighted by Gasteiger charge is -2.36. The fourth-order valence-corrected chi connectivity index (χ4v) is 2.58. The number of nitrogens with zero attached hydrogens (tertiary/aromatic N) is 2. The molecule has 0 spiro atoms. The van der Waals surface area contributed by atoms with Crippen molar-refractivity contribution < 1.29 is 9.53 Å². The smallest absolute Gasteiger partial charge is 0.192 e. The number of aliphatic hydroxyl groups excluding tert-OH is 1. The molecule has 2 rings (SSSR count). The van der Waals surface area contributed by atoms with Gasteiger partial charge in [-0.3, -0.25) is 0 Å². The first-order valence-electron chi connectivity index (χ1n) is 8.23. The fourth-order valence-electron chi connectivity index (χ4n) is 1.64. The highest BCUT2D eigenvalue weighted by molar-refractivity contribution is 6.74. The predicted octanol–water partition coefficient (Wildman–Crippen LogP) is 3.34. The van der Waals surface area contributed by atoms with E-state index in [0.717, 1.165) is 5.69 Å². The largest absolute Gasteiger partial charge is 0.411 e. The summed E-state index contributed by atoms with van der Waals surface area (Å²) in [4.78, 5) is 8.05. The second-order valence-electron chi connectivity index (χ2n) is 7.31. The first-order chi connectivity index (χ1) is 11.5. The molecule has 0 unspecified atom stereocenters. The minimum absolute atomic E-state index is 0.0506. The van der Waals surface area contributed by atoms with Crippen molar-refractivity contribution in [2.24, 2.45) is 0 Å². The van der Waals surface area contributed by atoms with Crippen molar-refractivity contribution in [1.29, 1.82) is 0 Å². The van der Waals surface area contributed by atoms with Gasteiger partial charge in [0.25, 0.3) is 0 Å². The zero-order chi connectivity index (χ0) is 19.1. The lowest BCUT2D eigenvalue weighted by molar-refractivity contribution is 0.272. The van der Waals surface area contributed by atoms with E-state index in [4.69, 9.17) is 21.0 Å². The minimum atomic E-state index is -1.69. The van der Waals surface area contributed by atoms with Gasteiger partial charge in [-0.25, -0.2) is 9.97 Å². The van der Waals surface area contributed by atoms with E-state index >= 15 is 0 Å². The molecular formula is C18H30N4O2Si. The molecule has 5 N–H and O–H groups in total. The normalized spacial score (nSPS) is 11.6. The summed E-state index contributed by atoms with van der Waals surface area (Å²) >= 11 is 0. The molecule has 0 bridgehead atoms. The fraction of sp³-hybridized carbons (Fsp3) is 0.444. The third-order valence-electron chi connectivity index (χ3n) is 4.21. The van der Waals surface area contributed by atoms with Crippen LogP contribution in [0.25, 0.3) is 0 Å². The van der Waals surface area contributed by atoms with Gasteiger partial charge in [0.2, 0.25) is 0 Å². The molecule has 2 aromatic rings. The molecule has 0 aliphatic rings.